The van der Waals surface area contributed by atoms with Crippen molar-refractivity contribution in [3.8, 4) is 0 Å². The van der Waals surface area contributed by atoms with Crippen molar-refractivity contribution < 1.29 is 8.84 Å². The summed E-state index contributed by atoms with van der Waals surface area (Å²) in [6.45, 7) is 13.4. The van der Waals surface area contributed by atoms with Gasteiger partial charge in [0.15, 0.2) is 8.32 Å². The maximum absolute atomic E-state index is 6.19. The molecule has 0 fully saturated rings. The van der Waals surface area contributed by atoms with E-state index < -0.39 is 8.32 Å². The molecule has 0 radical (unpaired) electrons. The summed E-state index contributed by atoms with van der Waals surface area (Å²) >= 11 is 0. The normalized spacial score (nSPS) is 15.0. The zero-order valence-electron chi connectivity index (χ0n) is 11.7. The van der Waals surface area contributed by atoms with Gasteiger partial charge in [0.2, 0.25) is 5.89 Å². The molecule has 1 aromatic rings. The van der Waals surface area contributed by atoms with Gasteiger partial charge in [0.25, 0.3) is 0 Å². The molecule has 17 heavy (non-hydrogen) atoms. The van der Waals surface area contributed by atoms with Crippen molar-refractivity contribution >= 4 is 8.32 Å². The second kappa shape index (κ2) is 4.92. The van der Waals surface area contributed by atoms with Gasteiger partial charge in [-0.05, 0) is 25.1 Å². The molecule has 0 aliphatic heterocycles. The third kappa shape index (κ3) is 3.40. The Morgan fingerprint density at radius 2 is 2.06 bits per heavy atom. The molecule has 0 aliphatic carbocycles. The fourth-order valence-corrected chi connectivity index (χ4v) is 2.61. The van der Waals surface area contributed by atoms with Crippen LogP contribution in [0.5, 0.6) is 0 Å². The van der Waals surface area contributed by atoms with E-state index >= 15 is 0 Å². The molecule has 5 heteroatoms. The molecule has 1 unspecified atom stereocenters. The number of nitrogens with two attached hydrogens (primary N) is 1. The first kappa shape index (κ1) is 14.4. The smallest absolute Gasteiger partial charge is 0.222 e. The average molecular weight is 256 g/mol. The van der Waals surface area contributed by atoms with Gasteiger partial charge in [-0.3, -0.25) is 0 Å². The Balaban J connectivity index is 2.75. The standard InChI is InChI=1S/C12H24N2O2Si/c1-9(11-14-8-10(7-13)15-11)16-17(5,6)12(2,3)4/h8-9H,7,13H2,1-6H3. The third-order valence-corrected chi connectivity index (χ3v) is 7.95. The molecule has 1 atom stereocenters. The molecular formula is C12H24N2O2Si. The minimum atomic E-state index is -1.78. The number of hydrogen-bond acceptors (Lipinski definition) is 4. The second-order valence-electron chi connectivity index (χ2n) is 5.89. The summed E-state index contributed by atoms with van der Waals surface area (Å²) in [5.41, 5.74) is 5.49. The Labute approximate surface area is 105 Å². The summed E-state index contributed by atoms with van der Waals surface area (Å²) in [6, 6.07) is 0. The highest BCUT2D eigenvalue weighted by Crippen LogP contribution is 2.39. The predicted octanol–water partition coefficient (Wildman–Crippen LogP) is 3.22. The summed E-state index contributed by atoms with van der Waals surface area (Å²) in [7, 11) is -1.78. The van der Waals surface area contributed by atoms with Crippen LogP contribution in [-0.2, 0) is 11.0 Å². The van der Waals surface area contributed by atoms with Crippen LogP contribution in [0.15, 0.2) is 10.6 Å². The molecule has 0 saturated heterocycles. The topological polar surface area (TPSA) is 61.3 Å². The molecule has 1 heterocycles. The van der Waals surface area contributed by atoms with E-state index in [0.29, 0.717) is 18.2 Å². The molecule has 0 amide bonds. The van der Waals surface area contributed by atoms with Gasteiger partial charge in [0.05, 0.1) is 12.7 Å². The van der Waals surface area contributed by atoms with Gasteiger partial charge in [0, 0.05) is 0 Å². The highest BCUT2D eigenvalue weighted by molar-refractivity contribution is 6.74. The maximum Gasteiger partial charge on any atom is 0.222 e. The lowest BCUT2D eigenvalue weighted by molar-refractivity contribution is 0.167. The monoisotopic (exact) mass is 256 g/mol. The van der Waals surface area contributed by atoms with E-state index in [-0.39, 0.29) is 11.1 Å². The van der Waals surface area contributed by atoms with Gasteiger partial charge in [-0.1, -0.05) is 20.8 Å². The van der Waals surface area contributed by atoms with Crippen molar-refractivity contribution in [1.29, 1.82) is 0 Å². The molecule has 0 aliphatic rings. The van der Waals surface area contributed by atoms with Gasteiger partial charge >= 0.3 is 0 Å². The van der Waals surface area contributed by atoms with Crippen LogP contribution in [0.25, 0.3) is 0 Å². The minimum absolute atomic E-state index is 0.115. The average Bonchev–Trinajstić information content (AvgIpc) is 2.63. The highest BCUT2D eigenvalue weighted by atomic mass is 28.4. The predicted molar refractivity (Wildman–Crippen MR) is 71.1 cm³/mol. The van der Waals surface area contributed by atoms with Gasteiger partial charge in [0.1, 0.15) is 11.9 Å². The fourth-order valence-electron chi connectivity index (χ4n) is 1.27. The number of oxazole rings is 1. The van der Waals surface area contributed by atoms with Crippen LogP contribution in [0.2, 0.25) is 18.1 Å². The number of hydrogen-bond donors (Lipinski definition) is 1. The molecule has 1 aromatic heterocycles. The molecule has 0 bridgehead atoms. The van der Waals surface area contributed by atoms with E-state index in [0.717, 1.165) is 0 Å². The van der Waals surface area contributed by atoms with Gasteiger partial charge < -0.3 is 14.6 Å². The molecule has 0 spiro atoms. The summed E-state index contributed by atoms with van der Waals surface area (Å²) in [4.78, 5) is 4.20. The zero-order chi connectivity index (χ0) is 13.3. The molecule has 98 valence electrons. The highest BCUT2D eigenvalue weighted by Gasteiger charge is 2.39. The summed E-state index contributed by atoms with van der Waals surface area (Å²) < 4.78 is 11.7. The molecule has 1 rings (SSSR count). The number of aromatic nitrogens is 1. The van der Waals surface area contributed by atoms with E-state index in [2.05, 4.69) is 38.8 Å². The lowest BCUT2D eigenvalue weighted by Crippen LogP contribution is -2.41. The Kier molecular flexibility index (Phi) is 4.17. The van der Waals surface area contributed by atoms with Gasteiger partial charge in [-0.2, -0.15) is 0 Å². The molecule has 4 nitrogen and oxygen atoms in total. The first-order valence-electron chi connectivity index (χ1n) is 6.00. The van der Waals surface area contributed by atoms with Crippen LogP contribution in [-0.4, -0.2) is 13.3 Å². The van der Waals surface area contributed by atoms with E-state index in [1.165, 1.54) is 0 Å². The van der Waals surface area contributed by atoms with E-state index in [1.807, 2.05) is 6.92 Å². The van der Waals surface area contributed by atoms with Crippen molar-refractivity contribution in [3.05, 3.63) is 17.8 Å². The lowest BCUT2D eigenvalue weighted by Gasteiger charge is -2.37. The van der Waals surface area contributed by atoms with E-state index in [9.17, 15) is 0 Å². The third-order valence-electron chi connectivity index (χ3n) is 3.40. The van der Waals surface area contributed by atoms with Crippen LogP contribution >= 0.6 is 0 Å². The number of nitrogens with zero attached hydrogens (tertiary/aromatic N) is 1. The van der Waals surface area contributed by atoms with Crippen molar-refractivity contribution in [2.75, 3.05) is 0 Å². The fraction of sp³-hybridized carbons (Fsp3) is 0.750. The SMILES string of the molecule is CC(O[Si](C)(C)C(C)(C)C)c1ncc(CN)o1. The molecule has 2 N–H and O–H groups in total. The Hall–Kier alpha value is -0.653. The molecule has 0 saturated carbocycles. The van der Waals surface area contributed by atoms with Crippen LogP contribution in [0.4, 0.5) is 0 Å². The van der Waals surface area contributed by atoms with Gasteiger partial charge in [-0.15, -0.1) is 0 Å². The van der Waals surface area contributed by atoms with Crippen LogP contribution in [0, 0.1) is 0 Å². The quantitative estimate of drug-likeness (QED) is 0.840. The largest absolute Gasteiger partial charge is 0.442 e. The van der Waals surface area contributed by atoms with Crippen molar-refractivity contribution in [2.45, 2.75) is 58.5 Å². The van der Waals surface area contributed by atoms with E-state index in [1.54, 1.807) is 6.20 Å². The first-order valence-corrected chi connectivity index (χ1v) is 8.90. The minimum Gasteiger partial charge on any atom is -0.442 e. The lowest BCUT2D eigenvalue weighted by atomic mass is 10.2. The maximum atomic E-state index is 6.19. The van der Waals surface area contributed by atoms with Crippen molar-refractivity contribution in [1.82, 2.24) is 4.98 Å². The van der Waals surface area contributed by atoms with Crippen LogP contribution < -0.4 is 5.73 Å². The zero-order valence-corrected chi connectivity index (χ0v) is 12.7. The summed E-state index contributed by atoms with van der Waals surface area (Å²) in [5, 5.41) is 0.185. The Morgan fingerprint density at radius 3 is 2.47 bits per heavy atom. The molecule has 0 aromatic carbocycles. The Morgan fingerprint density at radius 1 is 1.47 bits per heavy atom. The summed E-state index contributed by atoms with van der Waals surface area (Å²) in [5.74, 6) is 1.32. The van der Waals surface area contributed by atoms with Crippen LogP contribution in [0.3, 0.4) is 0 Å². The first-order chi connectivity index (χ1) is 7.67. The van der Waals surface area contributed by atoms with E-state index in [4.69, 9.17) is 14.6 Å². The molecular weight excluding hydrogens is 232 g/mol. The van der Waals surface area contributed by atoms with Crippen molar-refractivity contribution in [2.24, 2.45) is 5.73 Å². The van der Waals surface area contributed by atoms with Crippen LogP contribution in [0.1, 0.15) is 45.4 Å². The van der Waals surface area contributed by atoms with Gasteiger partial charge in [-0.25, -0.2) is 4.98 Å². The Bertz CT molecular complexity index is 369. The summed E-state index contributed by atoms with van der Waals surface area (Å²) in [6.07, 6.45) is 1.55. The van der Waals surface area contributed by atoms with Crippen molar-refractivity contribution in [3.63, 3.8) is 0 Å². The second-order valence-corrected chi connectivity index (χ2v) is 10.6. The number of rotatable bonds is 4.